The molecule has 4 aromatic rings. The van der Waals surface area contributed by atoms with Crippen LogP contribution in [0, 0.1) is 24.6 Å². The largest absolute Gasteiger partial charge is 0.458 e. The van der Waals surface area contributed by atoms with Crippen LogP contribution in [0.3, 0.4) is 0 Å². The van der Waals surface area contributed by atoms with Crippen molar-refractivity contribution in [3.8, 4) is 11.4 Å². The zero-order valence-corrected chi connectivity index (χ0v) is 53.5. The van der Waals surface area contributed by atoms with E-state index < -0.39 is 119 Å². The lowest BCUT2D eigenvalue weighted by Crippen LogP contribution is -2.58. The second kappa shape index (κ2) is 32.2. The maximum Gasteiger partial charge on any atom is 0.407 e. The summed E-state index contributed by atoms with van der Waals surface area (Å²) in [5, 5.41) is 30.8. The van der Waals surface area contributed by atoms with Crippen LogP contribution in [0.25, 0.3) is 22.3 Å². The van der Waals surface area contributed by atoms with Crippen LogP contribution in [0.15, 0.2) is 41.2 Å². The van der Waals surface area contributed by atoms with Crippen molar-refractivity contribution in [1.82, 2.24) is 46.4 Å². The number of hydrogen-bond acceptors (Lipinski definition) is 19. The number of nitrogens with two attached hydrogens (primary N) is 1. The van der Waals surface area contributed by atoms with E-state index in [0.717, 1.165) is 4.90 Å². The van der Waals surface area contributed by atoms with Gasteiger partial charge in [-0.25, -0.2) is 23.8 Å². The number of benzene rings is 2. The van der Waals surface area contributed by atoms with E-state index in [1.54, 1.807) is 72.1 Å². The predicted molar refractivity (Wildman–Crippen MR) is 333 cm³/mol. The van der Waals surface area contributed by atoms with E-state index >= 15 is 4.39 Å². The summed E-state index contributed by atoms with van der Waals surface area (Å²) in [6.45, 7) is 8.97. The number of esters is 1. The van der Waals surface area contributed by atoms with Crippen LogP contribution in [0.5, 0.6) is 0 Å². The number of hydrogen-bond donors (Lipinski definition) is 9. The molecule has 0 saturated carbocycles. The van der Waals surface area contributed by atoms with E-state index in [4.69, 9.17) is 39.1 Å². The van der Waals surface area contributed by atoms with Crippen LogP contribution in [-0.2, 0) is 98.6 Å². The van der Waals surface area contributed by atoms with Crippen molar-refractivity contribution in [3.05, 3.63) is 91.5 Å². The SMILES string of the molecule is CC[C@@]1(O)C(=O)OCc2c1cc1n(c2=O)Cc2c-1nc1cc(F)c(C)c3c1c2[C@@H](NC(=O)OCc1ccc(NC(=O)C(CCCNC(N)=O)NC(=O)[C@@H](NC(=O)[C@H](CCNC(=O)CCOCCOCCOCCOC)NC(=O)CN2C(=O)CC(C)C2=O)C(C)C)cc1)CC3. The highest BCUT2D eigenvalue weighted by molar-refractivity contribution is 6.06. The summed E-state index contributed by atoms with van der Waals surface area (Å²) >= 11 is 0. The smallest absolute Gasteiger partial charge is 0.407 e. The molecule has 1 aliphatic carbocycles. The van der Waals surface area contributed by atoms with Crippen molar-refractivity contribution in [2.45, 2.75) is 136 Å². The molecule has 10 amide bonds. The summed E-state index contributed by atoms with van der Waals surface area (Å²) in [4.78, 5) is 152. The standard InChI is InChI=1S/C64H82FN11O18/c1-7-64(88)42-28-48-55-40(30-75(48)60(84)41(42)33-93-61(64)85)53-44(15-14-39-36(5)43(65)29-47(71-55)52(39)53)73-63(87)94-32-37-10-12-38(13-11-37)69-56(80)45(9-8-18-68-62(66)86)72-58(82)54(34(2)3)74-57(81)46(70-50(78)31-76-51(79)27-35(4)59(76)83)16-19-67-49(77)17-20-90-23-24-92-26-25-91-22-21-89-6/h10-13,28-29,34-35,44-46,54,88H,7-9,14-27,30-33H2,1-6H3,(H,67,77)(H,69,80)(H,70,78)(H,72,82)(H,73,87)(H,74,81)(H3,66,68,86)/t35?,44-,45?,46-,54-,64-/m0/s1. The third-order valence-electron chi connectivity index (χ3n) is 16.9. The number of aryl methyl sites for hydroxylation is 1. The molecule has 29 nitrogen and oxygen atoms in total. The molecule has 2 aromatic heterocycles. The normalized spacial score (nSPS) is 17.9. The number of aliphatic hydroxyl groups is 1. The molecular formula is C64H82FN11O18. The maximum atomic E-state index is 15.5. The number of alkyl carbamates (subject to hydrolysis) is 1. The predicted octanol–water partition coefficient (Wildman–Crippen LogP) is 1.93. The molecule has 2 aromatic carbocycles. The van der Waals surface area contributed by atoms with E-state index in [2.05, 4.69) is 37.2 Å². The van der Waals surface area contributed by atoms with Crippen molar-refractivity contribution in [2.75, 3.05) is 78.3 Å². The van der Waals surface area contributed by atoms with Crippen LogP contribution in [-0.4, -0.2) is 170 Å². The highest BCUT2D eigenvalue weighted by atomic mass is 19.1. The Kier molecular flexibility index (Phi) is 24.3. The number of urea groups is 1. The van der Waals surface area contributed by atoms with Crippen LogP contribution >= 0.6 is 0 Å². The van der Waals surface area contributed by atoms with Gasteiger partial charge in [-0.3, -0.25) is 43.3 Å². The fourth-order valence-electron chi connectivity index (χ4n) is 11.7. The van der Waals surface area contributed by atoms with Gasteiger partial charge in [-0.2, -0.15) is 0 Å². The number of carbonyl (C=O) groups excluding carboxylic acids is 10. The molecule has 30 heteroatoms. The molecule has 6 atom stereocenters. The van der Waals surface area contributed by atoms with Gasteiger partial charge in [-0.15, -0.1) is 0 Å². The molecule has 0 spiro atoms. The maximum absolute atomic E-state index is 15.5. The average molecular weight is 1310 g/mol. The van der Waals surface area contributed by atoms with Gasteiger partial charge < -0.3 is 81.0 Å². The van der Waals surface area contributed by atoms with Gasteiger partial charge in [0.25, 0.3) is 5.56 Å². The fraction of sp³-hybridized carbons (Fsp3) is 0.531. The molecule has 5 heterocycles. The third-order valence-corrected chi connectivity index (χ3v) is 16.9. The molecule has 4 aliphatic rings. The Labute approximate surface area is 540 Å². The number of halogens is 1. The van der Waals surface area contributed by atoms with E-state index in [1.807, 2.05) is 0 Å². The molecule has 2 unspecified atom stereocenters. The van der Waals surface area contributed by atoms with Gasteiger partial charge in [0, 0.05) is 67.2 Å². The summed E-state index contributed by atoms with van der Waals surface area (Å²) in [6.07, 6.45) is -0.343. The molecule has 3 aliphatic heterocycles. The Balaban J connectivity index is 0.890. The molecule has 508 valence electrons. The number of imide groups is 1. The monoisotopic (exact) mass is 1310 g/mol. The first kappa shape index (κ1) is 70.9. The lowest BCUT2D eigenvalue weighted by molar-refractivity contribution is -0.172. The first-order chi connectivity index (χ1) is 44.9. The number of nitrogens with zero attached hydrogens (tertiary/aromatic N) is 3. The molecular weight excluding hydrogens is 1230 g/mol. The number of likely N-dealkylation sites (tertiary alicyclic amines) is 1. The lowest BCUT2D eigenvalue weighted by Gasteiger charge is -2.31. The minimum atomic E-state index is -2.07. The first-order valence-electron chi connectivity index (χ1n) is 31.4. The molecule has 1 fully saturated rings. The summed E-state index contributed by atoms with van der Waals surface area (Å²) in [5.74, 6) is -7.35. The van der Waals surface area contributed by atoms with Gasteiger partial charge >= 0.3 is 18.1 Å². The highest BCUT2D eigenvalue weighted by Crippen LogP contribution is 2.46. The third kappa shape index (κ3) is 17.0. The quantitative estimate of drug-likeness (QED) is 0.0165. The van der Waals surface area contributed by atoms with Gasteiger partial charge in [0.05, 0.1) is 81.3 Å². The number of pyridine rings is 2. The van der Waals surface area contributed by atoms with Gasteiger partial charge in [0.1, 0.15) is 43.7 Å². The van der Waals surface area contributed by atoms with Crippen molar-refractivity contribution in [3.63, 3.8) is 0 Å². The van der Waals surface area contributed by atoms with Crippen molar-refractivity contribution in [2.24, 2.45) is 17.6 Å². The second-order valence-corrected chi connectivity index (χ2v) is 23.8. The highest BCUT2D eigenvalue weighted by Gasteiger charge is 2.46. The Morgan fingerprint density at radius 1 is 0.840 bits per heavy atom. The Hall–Kier alpha value is -8.97. The Morgan fingerprint density at radius 3 is 2.19 bits per heavy atom. The number of nitrogens with one attached hydrogen (secondary N) is 7. The number of ether oxygens (including phenoxy) is 6. The summed E-state index contributed by atoms with van der Waals surface area (Å²) in [5.41, 5.74) is 7.07. The number of anilines is 1. The summed E-state index contributed by atoms with van der Waals surface area (Å²) in [7, 11) is 1.57. The number of carbonyl (C=O) groups is 10. The number of fused-ring (bicyclic) bond motifs is 5. The molecule has 0 radical (unpaired) electrons. The van der Waals surface area contributed by atoms with E-state index in [9.17, 15) is 57.8 Å². The molecule has 94 heavy (non-hydrogen) atoms. The number of cyclic esters (lactones) is 1. The first-order valence-corrected chi connectivity index (χ1v) is 31.4. The lowest BCUT2D eigenvalue weighted by atomic mass is 9.81. The number of methoxy groups -OCH3 is 1. The number of primary amides is 1. The Bertz CT molecular complexity index is 3600. The Morgan fingerprint density at radius 2 is 1.53 bits per heavy atom. The van der Waals surface area contributed by atoms with Crippen LogP contribution in [0.4, 0.5) is 19.7 Å². The van der Waals surface area contributed by atoms with E-state index in [0.29, 0.717) is 89.4 Å². The molecule has 0 bridgehead atoms. The van der Waals surface area contributed by atoms with E-state index in [-0.39, 0.29) is 108 Å². The number of amides is 10. The second-order valence-electron chi connectivity index (χ2n) is 23.8. The zero-order valence-electron chi connectivity index (χ0n) is 53.5. The summed E-state index contributed by atoms with van der Waals surface area (Å²) in [6, 6.07) is 3.66. The fourth-order valence-corrected chi connectivity index (χ4v) is 11.7. The molecule has 10 N–H and O–H groups in total. The minimum absolute atomic E-state index is 0.0301. The van der Waals surface area contributed by atoms with Crippen LogP contribution in [0.1, 0.15) is 118 Å². The van der Waals surface area contributed by atoms with Crippen LogP contribution < -0.4 is 48.5 Å². The van der Waals surface area contributed by atoms with Gasteiger partial charge in [0.2, 0.25) is 41.4 Å². The van der Waals surface area contributed by atoms with Crippen LogP contribution in [0.2, 0.25) is 0 Å². The number of aromatic nitrogens is 2. The van der Waals surface area contributed by atoms with Crippen molar-refractivity contribution < 1.29 is 85.9 Å². The van der Waals surface area contributed by atoms with Gasteiger partial charge in [-0.05, 0) is 91.8 Å². The average Bonchev–Trinajstić information content (AvgIpc) is 1.47. The van der Waals surface area contributed by atoms with Gasteiger partial charge in [0.15, 0.2) is 5.60 Å². The zero-order chi connectivity index (χ0) is 68.0. The molecule has 8 rings (SSSR count). The van der Waals surface area contributed by atoms with Crippen molar-refractivity contribution >= 4 is 76.0 Å². The van der Waals surface area contributed by atoms with Gasteiger partial charge in [-0.1, -0.05) is 39.8 Å². The summed E-state index contributed by atoms with van der Waals surface area (Å²) < 4.78 is 49.1. The van der Waals surface area contributed by atoms with E-state index in [1.165, 1.54) is 10.6 Å². The van der Waals surface area contributed by atoms with Crippen molar-refractivity contribution in [1.29, 1.82) is 0 Å². The number of rotatable bonds is 33. The topological polar surface area (TPSA) is 395 Å². The molecule has 1 saturated heterocycles. The minimum Gasteiger partial charge on any atom is -0.458 e.